The van der Waals surface area contributed by atoms with Crippen LogP contribution in [-0.2, 0) is 0 Å². The maximum atomic E-state index is 11.6. The molecule has 1 N–H and O–H groups in total. The fourth-order valence-electron chi connectivity index (χ4n) is 2.42. The zero-order valence-electron chi connectivity index (χ0n) is 7.99. The molecule has 0 radical (unpaired) electrons. The molecule has 0 spiro atoms. The molecule has 1 aromatic carbocycles. The number of rotatable bonds is 1. The van der Waals surface area contributed by atoms with Gasteiger partial charge in [0.1, 0.15) is 0 Å². The van der Waals surface area contributed by atoms with Crippen molar-refractivity contribution in [2.45, 2.75) is 25.3 Å². The summed E-state index contributed by atoms with van der Waals surface area (Å²) in [5, 5.41) is 3.08. The normalized spacial score (nSPS) is 25.4. The Bertz CT molecular complexity index is 382. The third-order valence-electron chi connectivity index (χ3n) is 3.45. The van der Waals surface area contributed by atoms with E-state index in [2.05, 4.69) is 11.4 Å². The summed E-state index contributed by atoms with van der Waals surface area (Å²) in [7, 11) is 0. The van der Waals surface area contributed by atoms with Gasteiger partial charge in [-0.2, -0.15) is 0 Å². The largest absolute Gasteiger partial charge is 0.345 e. The molecule has 1 atom stereocenters. The van der Waals surface area contributed by atoms with E-state index in [-0.39, 0.29) is 5.91 Å². The van der Waals surface area contributed by atoms with E-state index < -0.39 is 0 Å². The molecule has 2 nitrogen and oxygen atoms in total. The minimum absolute atomic E-state index is 0.109. The van der Waals surface area contributed by atoms with Gasteiger partial charge in [0.15, 0.2) is 0 Å². The van der Waals surface area contributed by atoms with Crippen LogP contribution in [0.2, 0.25) is 0 Å². The Balaban J connectivity index is 2.00. The van der Waals surface area contributed by atoms with Crippen LogP contribution in [0.4, 0.5) is 0 Å². The quantitative estimate of drug-likeness (QED) is 0.718. The second-order valence-corrected chi connectivity index (χ2v) is 4.23. The molecule has 0 bridgehead atoms. The van der Waals surface area contributed by atoms with Crippen LogP contribution in [0.3, 0.4) is 0 Å². The fraction of sp³-hybridized carbons (Fsp3) is 0.417. The van der Waals surface area contributed by atoms with Crippen LogP contribution in [0.1, 0.15) is 41.2 Å². The topological polar surface area (TPSA) is 29.1 Å². The first-order chi connectivity index (χ1) is 6.86. The highest BCUT2D eigenvalue weighted by atomic mass is 16.2. The Morgan fingerprint density at radius 2 is 2.00 bits per heavy atom. The maximum Gasteiger partial charge on any atom is 0.252 e. The fourth-order valence-corrected chi connectivity index (χ4v) is 2.42. The number of benzene rings is 1. The van der Waals surface area contributed by atoms with Crippen molar-refractivity contribution in [1.82, 2.24) is 5.32 Å². The van der Waals surface area contributed by atoms with Gasteiger partial charge in [-0.05, 0) is 30.4 Å². The minimum atomic E-state index is 0.109. The van der Waals surface area contributed by atoms with Crippen LogP contribution in [0, 0.1) is 5.92 Å². The molecule has 72 valence electrons. The molecule has 0 saturated heterocycles. The van der Waals surface area contributed by atoms with Gasteiger partial charge in [0, 0.05) is 5.56 Å². The van der Waals surface area contributed by atoms with E-state index in [0.29, 0.717) is 12.0 Å². The molecule has 1 unspecified atom stereocenters. The molecule has 1 saturated carbocycles. The number of nitrogens with one attached hydrogen (secondary N) is 1. The van der Waals surface area contributed by atoms with E-state index in [4.69, 9.17) is 0 Å². The summed E-state index contributed by atoms with van der Waals surface area (Å²) < 4.78 is 0. The van der Waals surface area contributed by atoms with Crippen LogP contribution in [0.15, 0.2) is 24.3 Å². The van der Waals surface area contributed by atoms with Crippen LogP contribution in [0.25, 0.3) is 0 Å². The van der Waals surface area contributed by atoms with E-state index in [0.717, 1.165) is 5.56 Å². The number of carbonyl (C=O) groups is 1. The summed E-state index contributed by atoms with van der Waals surface area (Å²) >= 11 is 0. The van der Waals surface area contributed by atoms with Gasteiger partial charge in [-0.25, -0.2) is 0 Å². The van der Waals surface area contributed by atoms with Crippen LogP contribution < -0.4 is 5.32 Å². The third-order valence-corrected chi connectivity index (χ3v) is 3.45. The molecule has 2 aliphatic rings. The summed E-state index contributed by atoms with van der Waals surface area (Å²) in [6.07, 6.45) is 3.85. The number of carbonyl (C=O) groups excluding carboxylic acids is 1. The molecular weight excluding hydrogens is 174 g/mol. The summed E-state index contributed by atoms with van der Waals surface area (Å²) in [5.41, 5.74) is 2.09. The predicted molar refractivity (Wildman–Crippen MR) is 54.0 cm³/mol. The van der Waals surface area contributed by atoms with E-state index in [1.54, 1.807) is 0 Å². The van der Waals surface area contributed by atoms with Crippen molar-refractivity contribution in [2.24, 2.45) is 5.92 Å². The predicted octanol–water partition coefficient (Wildman–Crippen LogP) is 2.27. The molecule has 14 heavy (non-hydrogen) atoms. The van der Waals surface area contributed by atoms with Crippen molar-refractivity contribution < 1.29 is 4.79 Å². The lowest BCUT2D eigenvalue weighted by molar-refractivity contribution is 0.0932. The summed E-state index contributed by atoms with van der Waals surface area (Å²) in [5.74, 6) is 0.792. The van der Waals surface area contributed by atoms with E-state index in [1.165, 1.54) is 24.8 Å². The Morgan fingerprint density at radius 3 is 2.71 bits per heavy atom. The highest BCUT2D eigenvalue weighted by molar-refractivity contribution is 5.99. The third kappa shape index (κ3) is 0.999. The van der Waals surface area contributed by atoms with Gasteiger partial charge in [-0.3, -0.25) is 4.79 Å². The van der Waals surface area contributed by atoms with Gasteiger partial charge in [-0.1, -0.05) is 24.6 Å². The Morgan fingerprint density at radius 1 is 1.21 bits per heavy atom. The molecule has 0 aromatic heterocycles. The molecule has 2 heteroatoms. The monoisotopic (exact) mass is 187 g/mol. The summed E-state index contributed by atoms with van der Waals surface area (Å²) in [6.45, 7) is 0. The molecule has 1 amide bonds. The second-order valence-electron chi connectivity index (χ2n) is 4.23. The standard InChI is InChI=1S/C12H13NO/c14-12-10-7-2-1-6-9(10)11(13-12)8-4-3-5-8/h1-2,6-8,11H,3-5H2,(H,13,14). The van der Waals surface area contributed by atoms with Crippen molar-refractivity contribution >= 4 is 5.91 Å². The summed E-state index contributed by atoms with van der Waals surface area (Å²) in [6, 6.07) is 8.25. The summed E-state index contributed by atoms with van der Waals surface area (Å²) in [4.78, 5) is 11.6. The highest BCUT2D eigenvalue weighted by Crippen LogP contribution is 2.41. The highest BCUT2D eigenvalue weighted by Gasteiger charge is 2.36. The minimum Gasteiger partial charge on any atom is -0.345 e. The molecule has 1 aliphatic heterocycles. The number of amides is 1. The Kier molecular flexibility index (Phi) is 1.63. The van der Waals surface area contributed by atoms with E-state index in [1.807, 2.05) is 18.2 Å². The average Bonchev–Trinajstić information content (AvgIpc) is 2.43. The molecule has 3 rings (SSSR count). The van der Waals surface area contributed by atoms with E-state index >= 15 is 0 Å². The zero-order chi connectivity index (χ0) is 9.54. The van der Waals surface area contributed by atoms with Crippen molar-refractivity contribution in [3.63, 3.8) is 0 Å². The van der Waals surface area contributed by atoms with Gasteiger partial charge in [-0.15, -0.1) is 0 Å². The van der Waals surface area contributed by atoms with Crippen molar-refractivity contribution in [2.75, 3.05) is 0 Å². The first kappa shape index (κ1) is 8.04. The van der Waals surface area contributed by atoms with Gasteiger partial charge in [0.25, 0.3) is 5.91 Å². The second kappa shape index (κ2) is 2.84. The lowest BCUT2D eigenvalue weighted by Gasteiger charge is -2.31. The van der Waals surface area contributed by atoms with Crippen molar-refractivity contribution in [3.05, 3.63) is 35.4 Å². The van der Waals surface area contributed by atoms with Crippen LogP contribution in [-0.4, -0.2) is 5.91 Å². The van der Waals surface area contributed by atoms with Gasteiger partial charge in [0.2, 0.25) is 0 Å². The first-order valence-corrected chi connectivity index (χ1v) is 5.26. The lowest BCUT2D eigenvalue weighted by atomic mass is 9.77. The Hall–Kier alpha value is -1.31. The average molecular weight is 187 g/mol. The SMILES string of the molecule is O=C1NC(C2CCC2)c2ccccc21. The molecule has 1 heterocycles. The molecular formula is C12H13NO. The van der Waals surface area contributed by atoms with Crippen LogP contribution >= 0.6 is 0 Å². The Labute approximate surface area is 83.3 Å². The first-order valence-electron chi connectivity index (χ1n) is 5.26. The van der Waals surface area contributed by atoms with Gasteiger partial charge < -0.3 is 5.32 Å². The zero-order valence-corrected chi connectivity index (χ0v) is 7.99. The van der Waals surface area contributed by atoms with Crippen molar-refractivity contribution in [1.29, 1.82) is 0 Å². The number of fused-ring (bicyclic) bond motifs is 1. The van der Waals surface area contributed by atoms with Gasteiger partial charge >= 0.3 is 0 Å². The molecule has 1 aromatic rings. The van der Waals surface area contributed by atoms with Crippen molar-refractivity contribution in [3.8, 4) is 0 Å². The number of hydrogen-bond donors (Lipinski definition) is 1. The lowest BCUT2D eigenvalue weighted by Crippen LogP contribution is -2.29. The van der Waals surface area contributed by atoms with Crippen LogP contribution in [0.5, 0.6) is 0 Å². The smallest absolute Gasteiger partial charge is 0.252 e. The van der Waals surface area contributed by atoms with E-state index in [9.17, 15) is 4.79 Å². The molecule has 1 fully saturated rings. The molecule has 1 aliphatic carbocycles. The van der Waals surface area contributed by atoms with Gasteiger partial charge in [0.05, 0.1) is 6.04 Å². The number of hydrogen-bond acceptors (Lipinski definition) is 1. The maximum absolute atomic E-state index is 11.6.